The Balaban J connectivity index is 2.34. The number of esters is 1. The molecule has 372 valence electrons. The van der Waals surface area contributed by atoms with E-state index in [1.165, 1.54) is 122 Å². The van der Waals surface area contributed by atoms with Crippen LogP contribution in [0.25, 0.3) is 0 Å². The van der Waals surface area contributed by atoms with Gasteiger partial charge in [0, 0.05) is 13.0 Å². The lowest BCUT2D eigenvalue weighted by Gasteiger charge is -2.41. The van der Waals surface area contributed by atoms with E-state index in [9.17, 15) is 28.5 Å². The highest BCUT2D eigenvalue weighted by Crippen LogP contribution is 2.26. The van der Waals surface area contributed by atoms with Gasteiger partial charge in [-0.1, -0.05) is 184 Å². The highest BCUT2D eigenvalue weighted by atomic mass is 32.3. The van der Waals surface area contributed by atoms with Crippen molar-refractivity contribution >= 4 is 16.4 Å². The highest BCUT2D eigenvalue weighted by molar-refractivity contribution is 7.80. The van der Waals surface area contributed by atoms with Crippen LogP contribution in [-0.4, -0.2) is 97.5 Å². The van der Waals surface area contributed by atoms with Crippen molar-refractivity contribution < 1.29 is 56.2 Å². The first-order valence-electron chi connectivity index (χ1n) is 25.0. The largest absolute Gasteiger partial charge is 0.457 e. The second-order valence-corrected chi connectivity index (χ2v) is 18.1. The number of carbonyl (C=O) groups is 1. The van der Waals surface area contributed by atoms with Crippen LogP contribution < -0.4 is 0 Å². The van der Waals surface area contributed by atoms with Crippen molar-refractivity contribution in [3.8, 4) is 0 Å². The number of unbranched alkanes of at least 4 members (excludes halogenated alkanes) is 20. The second-order valence-electron chi connectivity index (χ2n) is 17.0. The molecule has 1 saturated heterocycles. The number of hydrogen-bond donors (Lipinski definition) is 4. The van der Waals surface area contributed by atoms with Crippen LogP contribution in [0, 0.1) is 0 Å². The van der Waals surface area contributed by atoms with Gasteiger partial charge in [0.2, 0.25) is 0 Å². The molecule has 6 atom stereocenters. The number of allylic oxidation sites excluding steroid dienone is 10. The molecule has 0 aromatic rings. The van der Waals surface area contributed by atoms with E-state index >= 15 is 0 Å². The maximum Gasteiger partial charge on any atom is 0.397 e. The Labute approximate surface area is 388 Å². The average molecular weight is 927 g/mol. The summed E-state index contributed by atoms with van der Waals surface area (Å²) >= 11 is 0. The van der Waals surface area contributed by atoms with E-state index in [1.54, 1.807) is 0 Å². The molecule has 1 heterocycles. The van der Waals surface area contributed by atoms with Crippen LogP contribution >= 0.6 is 0 Å². The minimum Gasteiger partial charge on any atom is -0.457 e. The predicted molar refractivity (Wildman–Crippen MR) is 257 cm³/mol. The molecule has 0 aromatic carbocycles. The summed E-state index contributed by atoms with van der Waals surface area (Å²) in [7, 11) is -5.07. The predicted octanol–water partition coefficient (Wildman–Crippen LogP) is 11.3. The van der Waals surface area contributed by atoms with Crippen molar-refractivity contribution in [2.24, 2.45) is 0 Å². The maximum absolute atomic E-state index is 12.8. The minimum atomic E-state index is -5.07. The van der Waals surface area contributed by atoms with Crippen molar-refractivity contribution in [3.63, 3.8) is 0 Å². The zero-order valence-electron chi connectivity index (χ0n) is 39.8. The smallest absolute Gasteiger partial charge is 0.397 e. The molecule has 1 rings (SSSR count). The zero-order chi connectivity index (χ0) is 46.8. The summed E-state index contributed by atoms with van der Waals surface area (Å²) in [5.41, 5.74) is 0. The summed E-state index contributed by atoms with van der Waals surface area (Å²) in [6.45, 7) is 3.79. The molecule has 0 aliphatic carbocycles. The third-order valence-electron chi connectivity index (χ3n) is 11.1. The lowest BCUT2D eigenvalue weighted by molar-refractivity contribution is -0.301. The van der Waals surface area contributed by atoms with Crippen molar-refractivity contribution in [3.05, 3.63) is 60.8 Å². The molecular formula is C51H90O12S. The van der Waals surface area contributed by atoms with Crippen molar-refractivity contribution in [1.82, 2.24) is 0 Å². The van der Waals surface area contributed by atoms with Gasteiger partial charge < -0.3 is 34.3 Å². The van der Waals surface area contributed by atoms with Gasteiger partial charge in [0.05, 0.1) is 19.8 Å². The van der Waals surface area contributed by atoms with E-state index in [0.29, 0.717) is 13.0 Å². The third-order valence-corrected chi connectivity index (χ3v) is 11.6. The van der Waals surface area contributed by atoms with E-state index in [0.717, 1.165) is 44.9 Å². The van der Waals surface area contributed by atoms with Gasteiger partial charge in [-0.05, 0) is 64.2 Å². The lowest BCUT2D eigenvalue weighted by atomic mass is 9.99. The molecular weight excluding hydrogens is 837 g/mol. The molecule has 0 bridgehead atoms. The SMILES string of the molecule is CC/C=C\C/C=C\C/C=C\C/C=C\CCC(=O)OC(COCCCCCCCCCCCCCC/C=C\CCCCCCCCCC)COC1OC(CO)C(O)C(OS(=O)(=O)O)C1O. The standard InChI is InChI=1S/C51H90O12S/c1-3-5-7-9-11-13-15-17-18-19-20-21-22-23-24-25-26-27-29-31-33-35-37-39-41-59-43-45(44-60-51-49(55)50(63-64(56,57)58)48(54)46(42-52)62-51)61-47(53)40-38-36-34-32-30-28-16-14-12-10-8-6-4-2/h6,8,12,14,19-20,28,30,34,36,45-46,48-52,54-55H,3-5,7,9-11,13,15-18,21-27,29,31-33,35,37-44H2,1-2H3,(H,56,57,58)/b8-6-,14-12-,20-19-,30-28-,36-34-. The minimum absolute atomic E-state index is 0.00554. The van der Waals surface area contributed by atoms with Crippen molar-refractivity contribution in [2.75, 3.05) is 26.4 Å². The second kappa shape index (κ2) is 42.2. The molecule has 0 saturated carbocycles. The van der Waals surface area contributed by atoms with Gasteiger partial charge in [0.15, 0.2) is 6.29 Å². The van der Waals surface area contributed by atoms with Crippen LogP contribution in [-0.2, 0) is 38.3 Å². The average Bonchev–Trinajstić information content (AvgIpc) is 3.27. The fraction of sp³-hybridized carbons (Fsp3) is 0.784. The van der Waals surface area contributed by atoms with E-state index in [1.807, 2.05) is 12.2 Å². The van der Waals surface area contributed by atoms with Gasteiger partial charge in [0.25, 0.3) is 0 Å². The molecule has 1 fully saturated rings. The topological polar surface area (TPSA) is 178 Å². The van der Waals surface area contributed by atoms with Gasteiger partial charge in [-0.25, -0.2) is 4.18 Å². The Morgan fingerprint density at radius 3 is 1.58 bits per heavy atom. The van der Waals surface area contributed by atoms with E-state index in [-0.39, 0.29) is 19.6 Å². The first-order chi connectivity index (χ1) is 31.1. The Bertz CT molecular complexity index is 1350. The molecule has 12 nitrogen and oxygen atoms in total. The molecule has 0 amide bonds. The zero-order valence-corrected chi connectivity index (χ0v) is 40.6. The summed E-state index contributed by atoms with van der Waals surface area (Å²) in [4.78, 5) is 12.8. The van der Waals surface area contributed by atoms with Gasteiger partial charge in [-0.3, -0.25) is 9.35 Å². The van der Waals surface area contributed by atoms with Gasteiger partial charge in [-0.15, -0.1) is 0 Å². The number of aliphatic hydroxyl groups is 3. The molecule has 6 unspecified atom stereocenters. The Kier molecular flexibility index (Phi) is 39.4. The molecule has 13 heteroatoms. The Hall–Kier alpha value is -2.20. The fourth-order valence-corrected chi connectivity index (χ4v) is 7.90. The molecule has 0 radical (unpaired) electrons. The van der Waals surface area contributed by atoms with Crippen molar-refractivity contribution in [1.29, 1.82) is 0 Å². The normalized spacial score (nSPS) is 20.2. The number of rotatable bonds is 43. The van der Waals surface area contributed by atoms with Gasteiger partial charge in [0.1, 0.15) is 30.5 Å². The summed E-state index contributed by atoms with van der Waals surface area (Å²) in [5.74, 6) is -0.478. The monoisotopic (exact) mass is 927 g/mol. The quantitative estimate of drug-likeness (QED) is 0.0197. The third kappa shape index (κ3) is 35.1. The number of hydrogen-bond acceptors (Lipinski definition) is 11. The van der Waals surface area contributed by atoms with Crippen LogP contribution in [0.2, 0.25) is 0 Å². The number of aliphatic hydroxyl groups excluding tert-OH is 3. The first-order valence-corrected chi connectivity index (χ1v) is 26.4. The Morgan fingerprint density at radius 2 is 1.08 bits per heavy atom. The fourth-order valence-electron chi connectivity index (χ4n) is 7.39. The molecule has 0 aromatic heterocycles. The van der Waals surface area contributed by atoms with Crippen LogP contribution in [0.1, 0.15) is 194 Å². The maximum atomic E-state index is 12.8. The van der Waals surface area contributed by atoms with Crippen LogP contribution in [0.4, 0.5) is 0 Å². The highest BCUT2D eigenvalue weighted by Gasteiger charge is 2.48. The lowest BCUT2D eigenvalue weighted by Crippen LogP contribution is -2.60. The molecule has 1 aliphatic heterocycles. The van der Waals surface area contributed by atoms with Crippen LogP contribution in [0.3, 0.4) is 0 Å². The summed E-state index contributed by atoms with van der Waals surface area (Å²) < 4.78 is 59.0. The first kappa shape index (κ1) is 59.8. The number of ether oxygens (including phenoxy) is 4. The van der Waals surface area contributed by atoms with Gasteiger partial charge >= 0.3 is 16.4 Å². The molecule has 4 N–H and O–H groups in total. The summed E-state index contributed by atoms with van der Waals surface area (Å²) in [6.07, 6.45) is 44.3. The number of carbonyl (C=O) groups excluding carboxylic acids is 1. The summed E-state index contributed by atoms with van der Waals surface area (Å²) in [6, 6.07) is 0. The molecule has 1 aliphatic rings. The molecule has 64 heavy (non-hydrogen) atoms. The van der Waals surface area contributed by atoms with E-state index in [2.05, 4.69) is 66.6 Å². The van der Waals surface area contributed by atoms with Crippen LogP contribution in [0.5, 0.6) is 0 Å². The Morgan fingerprint density at radius 1 is 0.609 bits per heavy atom. The van der Waals surface area contributed by atoms with Gasteiger partial charge in [-0.2, -0.15) is 8.42 Å². The van der Waals surface area contributed by atoms with E-state index in [4.69, 9.17) is 23.5 Å². The van der Waals surface area contributed by atoms with E-state index < -0.39 is 59.8 Å². The van der Waals surface area contributed by atoms with Crippen molar-refractivity contribution in [2.45, 2.75) is 230 Å². The summed E-state index contributed by atoms with van der Waals surface area (Å²) in [5, 5.41) is 30.7. The molecule has 0 spiro atoms. The van der Waals surface area contributed by atoms with Crippen LogP contribution in [0.15, 0.2) is 60.8 Å².